The van der Waals surface area contributed by atoms with Crippen LogP contribution in [0.1, 0.15) is 29.6 Å². The number of piperidine rings is 1. The van der Waals surface area contributed by atoms with Crippen LogP contribution >= 0.6 is 0 Å². The van der Waals surface area contributed by atoms with E-state index in [9.17, 15) is 14.3 Å². The Morgan fingerprint density at radius 3 is 2.80 bits per heavy atom. The number of phenols is 1. The largest absolute Gasteiger partial charge is 0.507 e. The van der Waals surface area contributed by atoms with Crippen LogP contribution in [0.5, 0.6) is 5.75 Å². The molecule has 5 heteroatoms. The van der Waals surface area contributed by atoms with Gasteiger partial charge in [-0.3, -0.25) is 4.79 Å². The maximum Gasteiger partial charge on any atom is 0.257 e. The van der Waals surface area contributed by atoms with Gasteiger partial charge in [0.05, 0.1) is 5.56 Å². The topological polar surface area (TPSA) is 52.6 Å². The zero-order valence-electron chi connectivity index (χ0n) is 11.7. The molecule has 1 heterocycles. The molecule has 0 spiro atoms. The number of amides is 1. The molecule has 1 fully saturated rings. The summed E-state index contributed by atoms with van der Waals surface area (Å²) < 4.78 is 13.2. The fourth-order valence-electron chi connectivity index (χ4n) is 2.62. The molecule has 0 aromatic heterocycles. The molecule has 0 saturated carbocycles. The molecule has 1 aromatic carbocycles. The summed E-state index contributed by atoms with van der Waals surface area (Å²) in [5.74, 6) is -0.314. The molecule has 0 unspecified atom stereocenters. The minimum absolute atomic E-state index is 0.0543. The number of carbonyl (C=O) groups excluding carboxylic acids is 1. The summed E-state index contributed by atoms with van der Waals surface area (Å²) in [6, 6.07) is 3.48. The van der Waals surface area contributed by atoms with Gasteiger partial charge in [0.15, 0.2) is 0 Å². The zero-order valence-corrected chi connectivity index (χ0v) is 11.7. The first-order valence-corrected chi connectivity index (χ1v) is 7.04. The first kappa shape index (κ1) is 14.8. The van der Waals surface area contributed by atoms with Crippen molar-refractivity contribution in [1.82, 2.24) is 10.2 Å². The fourth-order valence-corrected chi connectivity index (χ4v) is 2.62. The number of carbonyl (C=O) groups is 1. The van der Waals surface area contributed by atoms with Gasteiger partial charge in [0.1, 0.15) is 11.6 Å². The maximum absolute atomic E-state index is 13.2. The summed E-state index contributed by atoms with van der Waals surface area (Å²) in [5, 5.41) is 12.8. The third kappa shape index (κ3) is 3.48. The van der Waals surface area contributed by atoms with E-state index >= 15 is 0 Å². The highest BCUT2D eigenvalue weighted by molar-refractivity contribution is 5.96. The predicted octanol–water partition coefficient (Wildman–Crippen LogP) is 1.99. The summed E-state index contributed by atoms with van der Waals surface area (Å²) in [5.41, 5.74) is 0.0543. The van der Waals surface area contributed by atoms with Gasteiger partial charge in [-0.15, -0.1) is 0 Å². The third-order valence-electron chi connectivity index (χ3n) is 3.89. The Bertz CT molecular complexity index is 471. The lowest BCUT2D eigenvalue weighted by Gasteiger charge is -2.32. The van der Waals surface area contributed by atoms with E-state index in [0.717, 1.165) is 37.9 Å². The fraction of sp³-hybridized carbons (Fsp3) is 0.533. The molecule has 0 aliphatic carbocycles. The lowest BCUT2D eigenvalue weighted by Crippen LogP contribution is -2.39. The molecular weight excluding hydrogens is 259 g/mol. The Morgan fingerprint density at radius 2 is 2.15 bits per heavy atom. The second kappa shape index (κ2) is 6.70. The molecule has 0 radical (unpaired) electrons. The van der Waals surface area contributed by atoms with E-state index in [1.807, 2.05) is 7.05 Å². The molecule has 0 atom stereocenters. The third-order valence-corrected chi connectivity index (χ3v) is 3.89. The minimum atomic E-state index is -0.505. The van der Waals surface area contributed by atoms with Gasteiger partial charge in [0.25, 0.3) is 5.91 Å². The molecule has 2 N–H and O–H groups in total. The highest BCUT2D eigenvalue weighted by Crippen LogP contribution is 2.24. The van der Waals surface area contributed by atoms with Crippen LogP contribution in [0.15, 0.2) is 18.2 Å². The van der Waals surface area contributed by atoms with E-state index in [-0.39, 0.29) is 17.2 Å². The number of aromatic hydroxyl groups is 1. The lowest BCUT2D eigenvalue weighted by molar-refractivity contribution is 0.0683. The van der Waals surface area contributed by atoms with Gasteiger partial charge in [0.2, 0.25) is 0 Å². The van der Waals surface area contributed by atoms with Crippen molar-refractivity contribution in [2.75, 3.05) is 26.7 Å². The normalized spacial score (nSPS) is 16.4. The number of halogens is 1. The molecule has 4 nitrogen and oxygen atoms in total. The first-order valence-electron chi connectivity index (χ1n) is 7.04. The molecule has 1 aromatic rings. The van der Waals surface area contributed by atoms with Crippen LogP contribution in [0.4, 0.5) is 4.39 Å². The van der Waals surface area contributed by atoms with Crippen molar-refractivity contribution >= 4 is 5.91 Å². The Kier molecular flexibility index (Phi) is 4.95. The van der Waals surface area contributed by atoms with E-state index in [4.69, 9.17) is 0 Å². The van der Waals surface area contributed by atoms with Gasteiger partial charge in [0, 0.05) is 13.1 Å². The summed E-state index contributed by atoms with van der Waals surface area (Å²) >= 11 is 0. The highest BCUT2D eigenvalue weighted by atomic mass is 19.1. The van der Waals surface area contributed by atoms with Gasteiger partial charge in [-0.05, 0) is 57.0 Å². The standard InChI is InChI=1S/C15H21FN2O2/c1-17-7-4-11-5-8-18(9-6-11)15(20)13-10-12(16)2-3-14(13)19/h2-3,10-11,17,19H,4-9H2,1H3. The second-order valence-corrected chi connectivity index (χ2v) is 5.29. The van der Waals surface area contributed by atoms with Crippen molar-refractivity contribution in [1.29, 1.82) is 0 Å². The Balaban J connectivity index is 1.96. The maximum atomic E-state index is 13.2. The van der Waals surface area contributed by atoms with Crippen molar-refractivity contribution in [3.63, 3.8) is 0 Å². The Labute approximate surface area is 118 Å². The molecule has 110 valence electrons. The number of hydrogen-bond donors (Lipinski definition) is 2. The Hall–Kier alpha value is -1.62. The van der Waals surface area contributed by atoms with E-state index in [1.165, 1.54) is 6.07 Å². The van der Waals surface area contributed by atoms with Gasteiger partial charge in [-0.25, -0.2) is 4.39 Å². The Morgan fingerprint density at radius 1 is 1.45 bits per heavy atom. The summed E-state index contributed by atoms with van der Waals surface area (Å²) in [4.78, 5) is 14.0. The smallest absolute Gasteiger partial charge is 0.257 e. The molecule has 0 bridgehead atoms. The first-order chi connectivity index (χ1) is 9.61. The van der Waals surface area contributed by atoms with Crippen molar-refractivity contribution < 1.29 is 14.3 Å². The quantitative estimate of drug-likeness (QED) is 0.887. The van der Waals surface area contributed by atoms with Crippen molar-refractivity contribution in [2.24, 2.45) is 5.92 Å². The minimum Gasteiger partial charge on any atom is -0.507 e. The van der Waals surface area contributed by atoms with Crippen LogP contribution in [0.2, 0.25) is 0 Å². The molecule has 1 aliphatic heterocycles. The number of nitrogens with one attached hydrogen (secondary N) is 1. The molecular formula is C15H21FN2O2. The molecule has 20 heavy (non-hydrogen) atoms. The zero-order chi connectivity index (χ0) is 14.5. The SMILES string of the molecule is CNCCC1CCN(C(=O)c2cc(F)ccc2O)CC1. The van der Waals surface area contributed by atoms with Crippen molar-refractivity contribution in [3.8, 4) is 5.75 Å². The number of phenolic OH excluding ortho intramolecular Hbond substituents is 1. The van der Waals surface area contributed by atoms with Crippen molar-refractivity contribution in [3.05, 3.63) is 29.6 Å². The van der Waals surface area contributed by atoms with Crippen molar-refractivity contribution in [2.45, 2.75) is 19.3 Å². The average Bonchev–Trinajstić information content (AvgIpc) is 2.47. The van der Waals surface area contributed by atoms with Gasteiger partial charge in [-0.1, -0.05) is 0 Å². The van der Waals surface area contributed by atoms with Gasteiger partial charge in [-0.2, -0.15) is 0 Å². The van der Waals surface area contributed by atoms with E-state index < -0.39 is 5.82 Å². The van der Waals surface area contributed by atoms with Crippen LogP contribution in [-0.4, -0.2) is 42.6 Å². The number of benzene rings is 1. The monoisotopic (exact) mass is 280 g/mol. The van der Waals surface area contributed by atoms with Gasteiger partial charge >= 0.3 is 0 Å². The second-order valence-electron chi connectivity index (χ2n) is 5.29. The summed E-state index contributed by atoms with van der Waals surface area (Å²) in [6.07, 6.45) is 3.04. The molecule has 1 saturated heterocycles. The van der Waals surface area contributed by atoms with Crippen LogP contribution in [0.25, 0.3) is 0 Å². The van der Waals surface area contributed by atoms with Crippen LogP contribution in [0, 0.1) is 11.7 Å². The van der Waals surface area contributed by atoms with E-state index in [1.54, 1.807) is 4.90 Å². The van der Waals surface area contributed by atoms with E-state index in [2.05, 4.69) is 5.32 Å². The van der Waals surface area contributed by atoms with Gasteiger partial charge < -0.3 is 15.3 Å². The number of hydrogen-bond acceptors (Lipinski definition) is 3. The van der Waals surface area contributed by atoms with Crippen LogP contribution in [0.3, 0.4) is 0 Å². The summed E-state index contributed by atoms with van der Waals surface area (Å²) in [7, 11) is 1.94. The predicted molar refractivity (Wildman–Crippen MR) is 75.2 cm³/mol. The molecule has 1 amide bonds. The highest BCUT2D eigenvalue weighted by Gasteiger charge is 2.25. The summed E-state index contributed by atoms with van der Waals surface area (Å²) in [6.45, 7) is 2.33. The number of likely N-dealkylation sites (tertiary alicyclic amines) is 1. The van der Waals surface area contributed by atoms with Crippen LogP contribution in [-0.2, 0) is 0 Å². The van der Waals surface area contributed by atoms with Crippen LogP contribution < -0.4 is 5.32 Å². The lowest BCUT2D eigenvalue weighted by atomic mass is 9.93. The number of rotatable bonds is 4. The molecule has 1 aliphatic rings. The average molecular weight is 280 g/mol. The molecule has 2 rings (SSSR count). The van der Waals surface area contributed by atoms with E-state index in [0.29, 0.717) is 19.0 Å². The number of nitrogens with zero attached hydrogens (tertiary/aromatic N) is 1.